The summed E-state index contributed by atoms with van der Waals surface area (Å²) in [5.74, 6) is 0.108. The molecule has 0 radical (unpaired) electrons. The number of rotatable bonds is 3. The maximum absolute atomic E-state index is 11.2. The van der Waals surface area contributed by atoms with Crippen LogP contribution in [0.15, 0.2) is 0 Å². The van der Waals surface area contributed by atoms with Gasteiger partial charge in [-0.25, -0.2) is 0 Å². The molecular weight excluding hydrogens is 166 g/mol. The fourth-order valence-corrected chi connectivity index (χ4v) is 1.59. The first-order valence-corrected chi connectivity index (χ1v) is 4.85. The zero-order valence-corrected chi connectivity index (χ0v) is 8.47. The van der Waals surface area contributed by atoms with Crippen LogP contribution in [0.25, 0.3) is 0 Å². The van der Waals surface area contributed by atoms with E-state index in [1.165, 1.54) is 0 Å². The molecule has 1 rings (SSSR count). The quantitative estimate of drug-likeness (QED) is 0.618. The van der Waals surface area contributed by atoms with Crippen LogP contribution in [0, 0.1) is 0 Å². The maximum atomic E-state index is 11.2. The van der Waals surface area contributed by atoms with E-state index in [1.54, 1.807) is 7.05 Å². The third-order valence-electron chi connectivity index (χ3n) is 2.42. The number of amides is 1. The van der Waals surface area contributed by atoms with Gasteiger partial charge in [0.05, 0.1) is 6.54 Å². The molecule has 0 saturated carbocycles. The van der Waals surface area contributed by atoms with Crippen LogP contribution in [0.1, 0.15) is 12.8 Å². The fraction of sp³-hybridized carbons (Fsp3) is 0.889. The van der Waals surface area contributed by atoms with Crippen LogP contribution < -0.4 is 10.6 Å². The molecule has 0 aromatic carbocycles. The van der Waals surface area contributed by atoms with Crippen molar-refractivity contribution in [3.05, 3.63) is 0 Å². The largest absolute Gasteiger partial charge is 0.352 e. The Labute approximate surface area is 79.7 Å². The molecule has 0 unspecified atom stereocenters. The molecule has 0 bridgehead atoms. The lowest BCUT2D eigenvalue weighted by atomic mass is 10.1. The van der Waals surface area contributed by atoms with Crippen molar-refractivity contribution in [1.82, 2.24) is 15.5 Å². The van der Waals surface area contributed by atoms with Crippen molar-refractivity contribution < 1.29 is 4.79 Å². The molecule has 0 aliphatic carbocycles. The predicted octanol–water partition coefficient (Wildman–Crippen LogP) is -0.584. The lowest BCUT2D eigenvalue weighted by Crippen LogP contribution is -2.45. The van der Waals surface area contributed by atoms with Crippen LogP contribution in [0.3, 0.4) is 0 Å². The minimum atomic E-state index is 0.108. The third kappa shape index (κ3) is 3.74. The number of hydrogen-bond donors (Lipinski definition) is 2. The first kappa shape index (κ1) is 10.5. The summed E-state index contributed by atoms with van der Waals surface area (Å²) < 4.78 is 0. The van der Waals surface area contributed by atoms with Gasteiger partial charge in [0.1, 0.15) is 0 Å². The summed E-state index contributed by atoms with van der Waals surface area (Å²) in [4.78, 5) is 13.5. The molecule has 13 heavy (non-hydrogen) atoms. The summed E-state index contributed by atoms with van der Waals surface area (Å²) in [5.41, 5.74) is 0. The lowest BCUT2D eigenvalue weighted by molar-refractivity contribution is -0.121. The Hall–Kier alpha value is -0.610. The normalized spacial score (nSPS) is 20.2. The van der Waals surface area contributed by atoms with Crippen molar-refractivity contribution in [2.75, 3.05) is 33.7 Å². The molecule has 0 aromatic rings. The van der Waals surface area contributed by atoms with Gasteiger partial charge in [0.15, 0.2) is 0 Å². The van der Waals surface area contributed by atoms with Gasteiger partial charge in [-0.3, -0.25) is 4.79 Å². The molecule has 4 nitrogen and oxygen atoms in total. The van der Waals surface area contributed by atoms with Crippen molar-refractivity contribution in [3.8, 4) is 0 Å². The van der Waals surface area contributed by atoms with E-state index in [-0.39, 0.29) is 5.91 Å². The van der Waals surface area contributed by atoms with Crippen molar-refractivity contribution >= 4 is 5.91 Å². The van der Waals surface area contributed by atoms with Gasteiger partial charge < -0.3 is 15.5 Å². The van der Waals surface area contributed by atoms with Crippen LogP contribution in [-0.2, 0) is 4.79 Å². The molecule has 2 N–H and O–H groups in total. The number of hydrogen-bond acceptors (Lipinski definition) is 3. The summed E-state index contributed by atoms with van der Waals surface area (Å²) >= 11 is 0. The molecule has 76 valence electrons. The minimum Gasteiger partial charge on any atom is -0.352 e. The number of likely N-dealkylation sites (tertiary alicyclic amines) is 1. The Bertz CT molecular complexity index is 164. The summed E-state index contributed by atoms with van der Waals surface area (Å²) in [6.07, 6.45) is 2.15. The Morgan fingerprint density at radius 3 is 2.62 bits per heavy atom. The lowest BCUT2D eigenvalue weighted by Gasteiger charge is -2.29. The molecule has 4 heteroatoms. The van der Waals surface area contributed by atoms with Gasteiger partial charge in [-0.15, -0.1) is 0 Å². The second-order valence-electron chi connectivity index (χ2n) is 3.68. The van der Waals surface area contributed by atoms with Gasteiger partial charge in [0, 0.05) is 6.04 Å². The van der Waals surface area contributed by atoms with Crippen LogP contribution >= 0.6 is 0 Å². The van der Waals surface area contributed by atoms with Gasteiger partial charge in [-0.2, -0.15) is 0 Å². The van der Waals surface area contributed by atoms with Crippen LogP contribution in [-0.4, -0.2) is 50.6 Å². The molecule has 1 aliphatic heterocycles. The van der Waals surface area contributed by atoms with E-state index in [9.17, 15) is 4.79 Å². The smallest absolute Gasteiger partial charge is 0.234 e. The van der Waals surface area contributed by atoms with Gasteiger partial charge in [0.25, 0.3) is 0 Å². The maximum Gasteiger partial charge on any atom is 0.234 e. The summed E-state index contributed by atoms with van der Waals surface area (Å²) in [6.45, 7) is 2.60. The number of nitrogens with one attached hydrogen (secondary N) is 2. The van der Waals surface area contributed by atoms with Gasteiger partial charge >= 0.3 is 0 Å². The van der Waals surface area contributed by atoms with Crippen LogP contribution in [0.2, 0.25) is 0 Å². The molecule has 0 aromatic heterocycles. The molecule has 1 saturated heterocycles. The molecule has 0 spiro atoms. The summed E-state index contributed by atoms with van der Waals surface area (Å²) in [6, 6.07) is 0.386. The van der Waals surface area contributed by atoms with Crippen LogP contribution in [0.4, 0.5) is 0 Å². The number of piperidine rings is 1. The van der Waals surface area contributed by atoms with E-state index in [4.69, 9.17) is 0 Å². The number of nitrogens with zero attached hydrogens (tertiary/aromatic N) is 1. The molecular formula is C9H19N3O. The Kier molecular flexibility index (Phi) is 4.18. The monoisotopic (exact) mass is 185 g/mol. The molecule has 1 amide bonds. The Morgan fingerprint density at radius 2 is 2.08 bits per heavy atom. The van der Waals surface area contributed by atoms with Crippen molar-refractivity contribution in [2.24, 2.45) is 0 Å². The summed E-state index contributed by atoms with van der Waals surface area (Å²) in [5, 5.41) is 5.86. The molecule has 0 atom stereocenters. The van der Waals surface area contributed by atoms with E-state index in [2.05, 4.69) is 22.6 Å². The first-order valence-electron chi connectivity index (χ1n) is 4.85. The standard InChI is InChI=1S/C9H19N3O/c1-10-7-9(13)11-8-3-5-12(2)6-4-8/h8,10H,3-7H2,1-2H3,(H,11,13). The third-order valence-corrected chi connectivity index (χ3v) is 2.42. The van der Waals surface area contributed by atoms with E-state index in [0.29, 0.717) is 12.6 Å². The van der Waals surface area contributed by atoms with Crippen molar-refractivity contribution in [3.63, 3.8) is 0 Å². The average molecular weight is 185 g/mol. The molecule has 1 fully saturated rings. The van der Waals surface area contributed by atoms with Crippen LogP contribution in [0.5, 0.6) is 0 Å². The number of carbonyl (C=O) groups excluding carboxylic acids is 1. The van der Waals surface area contributed by atoms with Gasteiger partial charge in [-0.1, -0.05) is 0 Å². The van der Waals surface area contributed by atoms with Gasteiger partial charge in [-0.05, 0) is 40.0 Å². The topological polar surface area (TPSA) is 44.4 Å². The summed E-state index contributed by atoms with van der Waals surface area (Å²) in [7, 11) is 3.90. The average Bonchev–Trinajstić information content (AvgIpc) is 2.09. The predicted molar refractivity (Wildman–Crippen MR) is 52.6 cm³/mol. The minimum absolute atomic E-state index is 0.108. The number of likely N-dealkylation sites (N-methyl/N-ethyl adjacent to an activating group) is 1. The van der Waals surface area contributed by atoms with E-state index < -0.39 is 0 Å². The highest BCUT2D eigenvalue weighted by molar-refractivity contribution is 5.78. The molecule has 1 heterocycles. The van der Waals surface area contributed by atoms with Crippen molar-refractivity contribution in [2.45, 2.75) is 18.9 Å². The van der Waals surface area contributed by atoms with Crippen molar-refractivity contribution in [1.29, 1.82) is 0 Å². The highest BCUT2D eigenvalue weighted by Crippen LogP contribution is 2.07. The second kappa shape index (κ2) is 5.19. The first-order chi connectivity index (χ1) is 6.22. The highest BCUT2D eigenvalue weighted by atomic mass is 16.1. The molecule has 1 aliphatic rings. The zero-order valence-electron chi connectivity index (χ0n) is 8.47. The second-order valence-corrected chi connectivity index (χ2v) is 3.68. The number of carbonyl (C=O) groups is 1. The van der Waals surface area contributed by atoms with E-state index >= 15 is 0 Å². The Morgan fingerprint density at radius 1 is 1.46 bits per heavy atom. The Balaban J connectivity index is 2.18. The van der Waals surface area contributed by atoms with E-state index in [0.717, 1.165) is 25.9 Å². The van der Waals surface area contributed by atoms with E-state index in [1.807, 2.05) is 0 Å². The fourth-order valence-electron chi connectivity index (χ4n) is 1.59. The van der Waals surface area contributed by atoms with Gasteiger partial charge in [0.2, 0.25) is 5.91 Å². The SMILES string of the molecule is CNCC(=O)NC1CCN(C)CC1. The zero-order chi connectivity index (χ0) is 9.68. The highest BCUT2D eigenvalue weighted by Gasteiger charge is 2.17.